The van der Waals surface area contributed by atoms with Gasteiger partial charge in [0.2, 0.25) is 10.0 Å². The molecule has 0 bridgehead atoms. The molecule has 2 aromatic rings. The van der Waals surface area contributed by atoms with Crippen LogP contribution in [0.1, 0.15) is 18.5 Å². The summed E-state index contributed by atoms with van der Waals surface area (Å²) in [4.78, 5) is 2.54. The van der Waals surface area contributed by atoms with E-state index in [1.54, 1.807) is 18.2 Å². The lowest BCUT2D eigenvalue weighted by atomic mass is 9.99. The predicted octanol–water partition coefficient (Wildman–Crippen LogP) is 3.19. The lowest BCUT2D eigenvalue weighted by Crippen LogP contribution is -2.48. The van der Waals surface area contributed by atoms with E-state index in [1.807, 2.05) is 43.3 Å². The van der Waals surface area contributed by atoms with Gasteiger partial charge >= 0.3 is 0 Å². The predicted molar refractivity (Wildman–Crippen MR) is 106 cm³/mol. The lowest BCUT2D eigenvalue weighted by molar-refractivity contribution is 0.0105. The van der Waals surface area contributed by atoms with Crippen molar-refractivity contribution < 1.29 is 13.2 Å². The molecule has 3 rings (SSSR count). The minimum atomic E-state index is -3.61. The first-order valence-corrected chi connectivity index (χ1v) is 10.9. The standard InChI is InChI=1S/C19H23BrN2O3S/c1-15(21-26(23,24)18-9-5-8-17(20)14-18)19(16-6-3-2-4-7-16)22-10-12-25-13-11-22/h2-9,14-15,19,21H,10-13H2,1H3. The highest BCUT2D eigenvalue weighted by atomic mass is 79.9. The molecule has 1 N–H and O–H groups in total. The normalized spacial score (nSPS) is 18.4. The Morgan fingerprint density at radius 1 is 1.08 bits per heavy atom. The highest BCUT2D eigenvalue weighted by molar-refractivity contribution is 9.10. The summed E-state index contributed by atoms with van der Waals surface area (Å²) in [7, 11) is -3.61. The summed E-state index contributed by atoms with van der Waals surface area (Å²) >= 11 is 3.33. The zero-order chi connectivity index (χ0) is 18.6. The minimum absolute atomic E-state index is 0.0537. The molecule has 0 radical (unpaired) electrons. The number of sulfonamides is 1. The summed E-state index contributed by atoms with van der Waals surface area (Å²) in [5.74, 6) is 0. The molecule has 140 valence electrons. The largest absolute Gasteiger partial charge is 0.379 e. The summed E-state index contributed by atoms with van der Waals surface area (Å²) in [6, 6.07) is 16.4. The molecular weight excluding hydrogens is 416 g/mol. The zero-order valence-electron chi connectivity index (χ0n) is 14.6. The molecule has 26 heavy (non-hydrogen) atoms. The Hall–Kier alpha value is -1.25. The first-order valence-electron chi connectivity index (χ1n) is 8.62. The lowest BCUT2D eigenvalue weighted by Gasteiger charge is -2.38. The van der Waals surface area contributed by atoms with Gasteiger partial charge in [0.25, 0.3) is 0 Å². The number of hydrogen-bond acceptors (Lipinski definition) is 4. The smallest absolute Gasteiger partial charge is 0.240 e. The van der Waals surface area contributed by atoms with E-state index in [0.717, 1.165) is 23.1 Å². The Balaban J connectivity index is 1.86. The van der Waals surface area contributed by atoms with Crippen LogP contribution in [0.3, 0.4) is 0 Å². The number of benzene rings is 2. The van der Waals surface area contributed by atoms with Crippen LogP contribution in [0.25, 0.3) is 0 Å². The monoisotopic (exact) mass is 438 g/mol. The van der Waals surface area contributed by atoms with Crippen LogP contribution < -0.4 is 4.72 Å². The van der Waals surface area contributed by atoms with Crippen molar-refractivity contribution in [1.29, 1.82) is 0 Å². The topological polar surface area (TPSA) is 58.6 Å². The molecule has 7 heteroatoms. The zero-order valence-corrected chi connectivity index (χ0v) is 17.0. The van der Waals surface area contributed by atoms with E-state index in [9.17, 15) is 8.42 Å². The molecule has 1 fully saturated rings. The van der Waals surface area contributed by atoms with Crippen LogP contribution in [0.15, 0.2) is 64.0 Å². The minimum Gasteiger partial charge on any atom is -0.379 e. The highest BCUT2D eigenvalue weighted by Crippen LogP contribution is 2.27. The molecule has 0 amide bonds. The first kappa shape index (κ1) is 19.5. The summed E-state index contributed by atoms with van der Waals surface area (Å²) in [6.45, 7) is 4.80. The molecule has 0 aliphatic carbocycles. The Labute approximate surface area is 163 Å². The maximum atomic E-state index is 12.8. The first-order chi connectivity index (χ1) is 12.5. The van der Waals surface area contributed by atoms with Crippen LogP contribution in [0.4, 0.5) is 0 Å². The summed E-state index contributed by atoms with van der Waals surface area (Å²) in [5, 5.41) is 0. The van der Waals surface area contributed by atoms with Gasteiger partial charge in [-0.05, 0) is 30.7 Å². The Bertz CT molecular complexity index is 824. The Morgan fingerprint density at radius 2 is 1.77 bits per heavy atom. The van der Waals surface area contributed by atoms with Crippen molar-refractivity contribution in [3.8, 4) is 0 Å². The van der Waals surface area contributed by atoms with Crippen molar-refractivity contribution in [2.24, 2.45) is 0 Å². The third-order valence-electron chi connectivity index (χ3n) is 4.50. The molecule has 0 aromatic heterocycles. The molecule has 5 nitrogen and oxygen atoms in total. The molecule has 1 heterocycles. The fraction of sp³-hybridized carbons (Fsp3) is 0.368. The number of nitrogens with one attached hydrogen (secondary N) is 1. The average Bonchev–Trinajstić information content (AvgIpc) is 2.63. The van der Waals surface area contributed by atoms with Gasteiger partial charge in [0, 0.05) is 23.6 Å². The highest BCUT2D eigenvalue weighted by Gasteiger charge is 2.30. The van der Waals surface area contributed by atoms with Gasteiger partial charge in [0.15, 0.2) is 0 Å². The number of ether oxygens (including phenoxy) is 1. The van der Waals surface area contributed by atoms with Crippen LogP contribution in [0.2, 0.25) is 0 Å². The second-order valence-electron chi connectivity index (χ2n) is 6.37. The molecule has 1 aliphatic heterocycles. The van der Waals surface area contributed by atoms with Gasteiger partial charge in [-0.1, -0.05) is 52.3 Å². The van der Waals surface area contributed by atoms with Crippen molar-refractivity contribution in [1.82, 2.24) is 9.62 Å². The van der Waals surface area contributed by atoms with Crippen molar-refractivity contribution in [3.05, 3.63) is 64.6 Å². The average molecular weight is 439 g/mol. The van der Waals surface area contributed by atoms with Crippen molar-refractivity contribution in [2.75, 3.05) is 26.3 Å². The van der Waals surface area contributed by atoms with E-state index in [4.69, 9.17) is 4.74 Å². The van der Waals surface area contributed by atoms with Crippen molar-refractivity contribution >= 4 is 26.0 Å². The van der Waals surface area contributed by atoms with Gasteiger partial charge in [0.05, 0.1) is 24.2 Å². The summed E-state index contributed by atoms with van der Waals surface area (Å²) < 4.78 is 34.7. The number of morpholine rings is 1. The fourth-order valence-electron chi connectivity index (χ4n) is 3.33. The van der Waals surface area contributed by atoms with Gasteiger partial charge in [-0.25, -0.2) is 13.1 Å². The molecule has 1 saturated heterocycles. The third-order valence-corrected chi connectivity index (χ3v) is 6.55. The Morgan fingerprint density at radius 3 is 2.42 bits per heavy atom. The van der Waals surface area contributed by atoms with E-state index in [1.165, 1.54) is 0 Å². The summed E-state index contributed by atoms with van der Waals surface area (Å²) in [5.41, 5.74) is 1.10. The van der Waals surface area contributed by atoms with Crippen LogP contribution in [0.5, 0.6) is 0 Å². The Kier molecular flexibility index (Phi) is 6.47. The van der Waals surface area contributed by atoms with Gasteiger partial charge in [-0.2, -0.15) is 0 Å². The molecule has 1 aliphatic rings. The second-order valence-corrected chi connectivity index (χ2v) is 9.00. The van der Waals surface area contributed by atoms with Gasteiger partial charge in [-0.3, -0.25) is 4.90 Å². The fourth-order valence-corrected chi connectivity index (χ4v) is 5.18. The van der Waals surface area contributed by atoms with E-state index < -0.39 is 10.0 Å². The van der Waals surface area contributed by atoms with E-state index >= 15 is 0 Å². The second kappa shape index (κ2) is 8.63. The van der Waals surface area contributed by atoms with Crippen LogP contribution >= 0.6 is 15.9 Å². The van der Waals surface area contributed by atoms with E-state index in [2.05, 4.69) is 25.6 Å². The molecule has 0 saturated carbocycles. The maximum absolute atomic E-state index is 12.8. The van der Waals surface area contributed by atoms with Crippen molar-refractivity contribution in [2.45, 2.75) is 23.9 Å². The third kappa shape index (κ3) is 4.72. The number of nitrogens with zero attached hydrogens (tertiary/aromatic N) is 1. The van der Waals surface area contributed by atoms with Crippen LogP contribution in [-0.2, 0) is 14.8 Å². The molecule has 2 aromatic carbocycles. The van der Waals surface area contributed by atoms with E-state index in [0.29, 0.717) is 13.2 Å². The summed E-state index contributed by atoms with van der Waals surface area (Å²) in [6.07, 6.45) is 0. The molecule has 2 unspecified atom stereocenters. The van der Waals surface area contributed by atoms with Crippen LogP contribution in [-0.4, -0.2) is 45.7 Å². The maximum Gasteiger partial charge on any atom is 0.240 e. The molecule has 2 atom stereocenters. The van der Waals surface area contributed by atoms with Crippen molar-refractivity contribution in [3.63, 3.8) is 0 Å². The molecule has 0 spiro atoms. The van der Waals surface area contributed by atoms with Gasteiger partial charge in [-0.15, -0.1) is 0 Å². The SMILES string of the molecule is CC(NS(=O)(=O)c1cccc(Br)c1)C(c1ccccc1)N1CCOCC1. The van der Waals surface area contributed by atoms with Gasteiger partial charge < -0.3 is 4.74 Å². The van der Waals surface area contributed by atoms with Gasteiger partial charge in [0.1, 0.15) is 0 Å². The number of halogens is 1. The van der Waals surface area contributed by atoms with Crippen LogP contribution in [0, 0.1) is 0 Å². The van der Waals surface area contributed by atoms with E-state index in [-0.39, 0.29) is 17.0 Å². The number of hydrogen-bond donors (Lipinski definition) is 1. The quantitative estimate of drug-likeness (QED) is 0.751. The number of rotatable bonds is 6. The molecular formula is C19H23BrN2O3S.